The van der Waals surface area contributed by atoms with E-state index in [1.165, 1.54) is 13.8 Å². The molecule has 0 spiro atoms. The molecule has 64 valence electrons. The summed E-state index contributed by atoms with van der Waals surface area (Å²) in [4.78, 5) is 20.9. The Kier molecular flexibility index (Phi) is 5.82. The zero-order valence-corrected chi connectivity index (χ0v) is 10.1. The summed E-state index contributed by atoms with van der Waals surface area (Å²) < 4.78 is 4.49. The topological polar surface area (TPSA) is 63.6 Å². The van der Waals surface area contributed by atoms with Gasteiger partial charge in [0.15, 0.2) is 0 Å². The van der Waals surface area contributed by atoms with Crippen LogP contribution in [0.15, 0.2) is 12.7 Å². The van der Waals surface area contributed by atoms with Crippen molar-refractivity contribution in [3.63, 3.8) is 0 Å². The molecule has 0 fully saturated rings. The normalized spacial score (nSPS) is 9.50. The molecular formula is C7H10O4Zn. The first-order valence-corrected chi connectivity index (χ1v) is 2.99. The summed E-state index contributed by atoms with van der Waals surface area (Å²) in [6.07, 6.45) is 0.921. The molecule has 5 heteroatoms. The van der Waals surface area contributed by atoms with Crippen molar-refractivity contribution < 1.29 is 38.9 Å². The Bertz CT molecular complexity index is 198. The number of hydrogen-bond donors (Lipinski definition) is 1. The van der Waals surface area contributed by atoms with Crippen molar-refractivity contribution in [2.24, 2.45) is 0 Å². The number of carboxylic acid groups (broad SMARTS) is 1. The van der Waals surface area contributed by atoms with E-state index in [2.05, 4.69) is 11.3 Å². The molecule has 1 N–H and O–H groups in total. The zero-order chi connectivity index (χ0) is 9.07. The molecule has 0 saturated carbocycles. The zero-order valence-electron chi connectivity index (χ0n) is 7.16. The van der Waals surface area contributed by atoms with Gasteiger partial charge in [0.1, 0.15) is 0 Å². The van der Waals surface area contributed by atoms with Crippen LogP contribution in [0.1, 0.15) is 13.8 Å². The van der Waals surface area contributed by atoms with Crippen LogP contribution in [-0.4, -0.2) is 22.6 Å². The molecule has 0 aromatic rings. The van der Waals surface area contributed by atoms with Crippen molar-refractivity contribution >= 4 is 11.9 Å². The van der Waals surface area contributed by atoms with Crippen molar-refractivity contribution in [3.8, 4) is 0 Å². The van der Waals surface area contributed by atoms with Gasteiger partial charge in [0.2, 0.25) is 5.60 Å². The molecule has 0 unspecified atom stereocenters. The number of esters is 1. The van der Waals surface area contributed by atoms with Crippen molar-refractivity contribution in [3.05, 3.63) is 12.7 Å². The Morgan fingerprint density at radius 1 is 1.50 bits per heavy atom. The molecule has 0 bridgehead atoms. The second-order valence-corrected chi connectivity index (χ2v) is 2.44. The van der Waals surface area contributed by atoms with Crippen LogP contribution in [0.5, 0.6) is 0 Å². The van der Waals surface area contributed by atoms with Crippen LogP contribution in [0, 0.1) is 0 Å². The summed E-state index contributed by atoms with van der Waals surface area (Å²) >= 11 is 0. The fourth-order valence-corrected chi connectivity index (χ4v) is 0.337. The molecule has 0 aromatic heterocycles. The van der Waals surface area contributed by atoms with Crippen LogP contribution in [0.2, 0.25) is 0 Å². The van der Waals surface area contributed by atoms with Crippen LogP contribution in [0.4, 0.5) is 0 Å². The van der Waals surface area contributed by atoms with Gasteiger partial charge in [-0.05, 0) is 13.8 Å². The van der Waals surface area contributed by atoms with E-state index in [1.807, 2.05) is 0 Å². The largest absolute Gasteiger partial charge is 0.478 e. The SMILES string of the molecule is C=CC(=O)OC(C)(C)C(=O)O.[Zn]. The fourth-order valence-electron chi connectivity index (χ4n) is 0.337. The maximum atomic E-state index is 10.5. The molecule has 0 amide bonds. The number of hydrogen-bond acceptors (Lipinski definition) is 3. The van der Waals surface area contributed by atoms with Gasteiger partial charge in [-0.15, -0.1) is 0 Å². The fraction of sp³-hybridized carbons (Fsp3) is 0.429. The number of ether oxygens (including phenoxy) is 1. The first-order chi connectivity index (χ1) is 4.90. The third-order valence-electron chi connectivity index (χ3n) is 1.04. The van der Waals surface area contributed by atoms with E-state index in [1.54, 1.807) is 0 Å². The predicted molar refractivity (Wildman–Crippen MR) is 38.0 cm³/mol. The number of carbonyl (C=O) groups excluding carboxylic acids is 1. The third kappa shape index (κ3) is 4.24. The van der Waals surface area contributed by atoms with E-state index < -0.39 is 17.5 Å². The average molecular weight is 224 g/mol. The van der Waals surface area contributed by atoms with Gasteiger partial charge in [-0.2, -0.15) is 0 Å². The molecular weight excluding hydrogens is 213 g/mol. The Morgan fingerprint density at radius 2 is 1.92 bits per heavy atom. The van der Waals surface area contributed by atoms with Gasteiger partial charge in [-0.3, -0.25) is 0 Å². The number of carboxylic acids is 1. The summed E-state index contributed by atoms with van der Waals surface area (Å²) in [5.41, 5.74) is -1.48. The summed E-state index contributed by atoms with van der Waals surface area (Å²) in [7, 11) is 0. The quantitative estimate of drug-likeness (QED) is 0.432. The second-order valence-electron chi connectivity index (χ2n) is 2.44. The van der Waals surface area contributed by atoms with E-state index in [0.29, 0.717) is 0 Å². The first-order valence-electron chi connectivity index (χ1n) is 2.99. The minimum absolute atomic E-state index is 0. The molecule has 0 saturated heterocycles. The van der Waals surface area contributed by atoms with E-state index in [0.717, 1.165) is 6.08 Å². The monoisotopic (exact) mass is 222 g/mol. The molecule has 0 atom stereocenters. The van der Waals surface area contributed by atoms with Gasteiger partial charge in [0, 0.05) is 25.6 Å². The van der Waals surface area contributed by atoms with E-state index in [9.17, 15) is 9.59 Å². The molecule has 0 aliphatic rings. The van der Waals surface area contributed by atoms with Crippen LogP contribution in [-0.2, 0) is 33.8 Å². The Balaban J connectivity index is 0. The van der Waals surface area contributed by atoms with E-state index in [4.69, 9.17) is 5.11 Å². The van der Waals surface area contributed by atoms with Crippen molar-refractivity contribution in [1.29, 1.82) is 0 Å². The summed E-state index contributed by atoms with van der Waals surface area (Å²) in [5.74, 6) is -1.93. The maximum absolute atomic E-state index is 10.5. The number of carbonyl (C=O) groups is 2. The number of aliphatic carboxylic acids is 1. The smallest absolute Gasteiger partial charge is 0.347 e. The molecule has 0 aliphatic carbocycles. The standard InChI is InChI=1S/C7H10O4.Zn/c1-4-5(8)11-7(2,3)6(9)10;/h4H,1H2,2-3H3,(H,9,10);. The van der Waals surface area contributed by atoms with Gasteiger partial charge in [-0.1, -0.05) is 6.58 Å². The van der Waals surface area contributed by atoms with Crippen molar-refractivity contribution in [2.45, 2.75) is 19.4 Å². The summed E-state index contributed by atoms with van der Waals surface area (Å²) in [6.45, 7) is 5.71. The average Bonchev–Trinajstić information content (AvgIpc) is 1.86. The number of rotatable bonds is 3. The van der Waals surface area contributed by atoms with Crippen LogP contribution < -0.4 is 0 Å². The Morgan fingerprint density at radius 3 is 2.17 bits per heavy atom. The second kappa shape index (κ2) is 5.04. The van der Waals surface area contributed by atoms with Gasteiger partial charge < -0.3 is 9.84 Å². The van der Waals surface area contributed by atoms with Crippen molar-refractivity contribution in [1.82, 2.24) is 0 Å². The van der Waals surface area contributed by atoms with Gasteiger partial charge >= 0.3 is 11.9 Å². The molecule has 0 heterocycles. The third-order valence-corrected chi connectivity index (χ3v) is 1.04. The van der Waals surface area contributed by atoms with E-state index >= 15 is 0 Å². The van der Waals surface area contributed by atoms with Crippen LogP contribution in [0.25, 0.3) is 0 Å². The summed E-state index contributed by atoms with van der Waals surface area (Å²) in [6, 6.07) is 0. The van der Waals surface area contributed by atoms with Gasteiger partial charge in [-0.25, -0.2) is 9.59 Å². The van der Waals surface area contributed by atoms with Gasteiger partial charge in [0.25, 0.3) is 0 Å². The Hall–Kier alpha value is -0.697. The van der Waals surface area contributed by atoms with Gasteiger partial charge in [0.05, 0.1) is 0 Å². The molecule has 12 heavy (non-hydrogen) atoms. The molecule has 0 aromatic carbocycles. The minimum atomic E-state index is -1.48. The molecule has 0 radical (unpaired) electrons. The maximum Gasteiger partial charge on any atom is 0.347 e. The molecule has 0 aliphatic heterocycles. The van der Waals surface area contributed by atoms with Crippen LogP contribution in [0.3, 0.4) is 0 Å². The first kappa shape index (κ1) is 13.9. The van der Waals surface area contributed by atoms with E-state index in [-0.39, 0.29) is 19.5 Å². The molecule has 0 rings (SSSR count). The predicted octanol–water partition coefficient (Wildman–Crippen LogP) is 0.576. The van der Waals surface area contributed by atoms with Crippen molar-refractivity contribution in [2.75, 3.05) is 0 Å². The minimum Gasteiger partial charge on any atom is -0.478 e. The summed E-state index contributed by atoms with van der Waals surface area (Å²) in [5, 5.41) is 8.47. The Labute approximate surface area is 83.4 Å². The molecule has 4 nitrogen and oxygen atoms in total. The van der Waals surface area contributed by atoms with Crippen LogP contribution >= 0.6 is 0 Å².